The fourth-order valence-electron chi connectivity index (χ4n) is 1.75. The van der Waals surface area contributed by atoms with Gasteiger partial charge in [-0.1, -0.05) is 0 Å². The maximum atomic E-state index is 13.5. The molecule has 29 heavy (non-hydrogen) atoms. The largest absolute Gasteiger partial charge is 0.462 e. The van der Waals surface area contributed by atoms with Crippen molar-refractivity contribution in [3.8, 4) is 0 Å². The van der Waals surface area contributed by atoms with Gasteiger partial charge in [-0.3, -0.25) is 19.1 Å². The lowest BCUT2D eigenvalue weighted by molar-refractivity contribution is -0.388. The second-order valence-electron chi connectivity index (χ2n) is 5.61. The average Bonchev–Trinajstić information content (AvgIpc) is 2.51. The molecule has 164 valence electrons. The Bertz CT molecular complexity index is 814. The number of hydrogen-bond donors (Lipinski definition) is 0. The van der Waals surface area contributed by atoms with Crippen LogP contribution in [-0.2, 0) is 20.3 Å². The van der Waals surface area contributed by atoms with Crippen LogP contribution in [0.4, 0.5) is 36.4 Å². The summed E-state index contributed by atoms with van der Waals surface area (Å²) in [6.07, 6.45) is -7.14. The molecule has 0 radical (unpaired) electrons. The highest BCUT2D eigenvalue weighted by molar-refractivity contribution is 8.00. The summed E-state index contributed by atoms with van der Waals surface area (Å²) in [6.45, 7) is 2.96. The third-order valence-corrected chi connectivity index (χ3v) is 5.29. The standard InChI is InChI=1S/C14H12F7NO5S2/c1-7(2)27-11(23)6-29(26)10-4-3-8(5-9(10)22(24)25)28-14(20,21)12(15,16)13(17,18)19/h3-5,7H,6H2,1-2H3. The van der Waals surface area contributed by atoms with Gasteiger partial charge < -0.3 is 4.74 Å². The molecule has 0 amide bonds. The summed E-state index contributed by atoms with van der Waals surface area (Å²) in [7, 11) is -2.37. The Morgan fingerprint density at radius 1 is 1.21 bits per heavy atom. The van der Waals surface area contributed by atoms with Gasteiger partial charge in [0.1, 0.15) is 10.6 Å². The number of hydrogen-bond acceptors (Lipinski definition) is 6. The van der Waals surface area contributed by atoms with Crippen molar-refractivity contribution in [3.05, 3.63) is 28.3 Å². The Morgan fingerprint density at radius 3 is 2.21 bits per heavy atom. The number of rotatable bonds is 8. The maximum Gasteiger partial charge on any atom is 0.460 e. The third kappa shape index (κ3) is 6.04. The minimum absolute atomic E-state index is 0.270. The Balaban J connectivity index is 3.20. The van der Waals surface area contributed by atoms with E-state index in [-0.39, 0.29) is 6.07 Å². The van der Waals surface area contributed by atoms with Crippen LogP contribution in [0.1, 0.15) is 13.8 Å². The van der Waals surface area contributed by atoms with Gasteiger partial charge in [0.15, 0.2) is 0 Å². The number of carbonyl (C=O) groups excluding carboxylic acids is 1. The first-order chi connectivity index (χ1) is 13.0. The predicted octanol–water partition coefficient (Wildman–Crippen LogP) is 4.54. The zero-order valence-corrected chi connectivity index (χ0v) is 16.1. The summed E-state index contributed by atoms with van der Waals surface area (Å²) >= 11 is -1.24. The topological polar surface area (TPSA) is 86.5 Å². The predicted molar refractivity (Wildman–Crippen MR) is 87.4 cm³/mol. The summed E-state index contributed by atoms with van der Waals surface area (Å²) in [5, 5.41) is 5.41. The summed E-state index contributed by atoms with van der Waals surface area (Å²) < 4.78 is 106. The van der Waals surface area contributed by atoms with Crippen LogP contribution >= 0.6 is 11.8 Å². The average molecular weight is 471 g/mol. The minimum Gasteiger partial charge on any atom is -0.462 e. The van der Waals surface area contributed by atoms with Crippen LogP contribution in [-0.4, -0.2) is 44.3 Å². The molecule has 1 unspecified atom stereocenters. The molecule has 0 saturated heterocycles. The molecule has 0 bridgehead atoms. The van der Waals surface area contributed by atoms with E-state index < -0.39 is 78.1 Å². The van der Waals surface area contributed by atoms with Gasteiger partial charge in [-0.25, -0.2) is 0 Å². The van der Waals surface area contributed by atoms with E-state index in [0.717, 1.165) is 0 Å². The van der Waals surface area contributed by atoms with Crippen LogP contribution in [0.2, 0.25) is 0 Å². The smallest absolute Gasteiger partial charge is 0.460 e. The van der Waals surface area contributed by atoms with E-state index in [2.05, 4.69) is 0 Å². The van der Waals surface area contributed by atoms with Gasteiger partial charge in [0, 0.05) is 11.0 Å². The molecule has 0 aliphatic heterocycles. The van der Waals surface area contributed by atoms with Crippen molar-refractivity contribution in [1.82, 2.24) is 0 Å². The number of carbonyl (C=O) groups is 1. The first-order valence-corrected chi connectivity index (χ1v) is 9.51. The van der Waals surface area contributed by atoms with Crippen LogP contribution in [0.5, 0.6) is 0 Å². The summed E-state index contributed by atoms with van der Waals surface area (Å²) in [5.41, 5.74) is -1.10. The third-order valence-electron chi connectivity index (χ3n) is 2.96. The van der Waals surface area contributed by atoms with Gasteiger partial charge in [0.05, 0.1) is 21.8 Å². The van der Waals surface area contributed by atoms with Crippen molar-refractivity contribution in [2.75, 3.05) is 5.75 Å². The van der Waals surface area contributed by atoms with Crippen molar-refractivity contribution < 1.29 is 49.4 Å². The number of nitro benzene ring substituents is 1. The molecule has 1 aromatic carbocycles. The van der Waals surface area contributed by atoms with E-state index in [1.807, 2.05) is 0 Å². The van der Waals surface area contributed by atoms with Gasteiger partial charge >= 0.3 is 23.3 Å². The second-order valence-corrected chi connectivity index (χ2v) is 8.21. The number of nitrogens with zero attached hydrogens (tertiary/aromatic N) is 1. The number of benzene rings is 1. The molecule has 0 saturated carbocycles. The fourth-order valence-corrected chi connectivity index (χ4v) is 3.63. The van der Waals surface area contributed by atoms with Crippen molar-refractivity contribution in [1.29, 1.82) is 0 Å². The number of alkyl halides is 7. The summed E-state index contributed by atoms with van der Waals surface area (Å²) in [4.78, 5) is 19.8. The lowest BCUT2D eigenvalue weighted by atomic mass is 10.3. The van der Waals surface area contributed by atoms with Crippen LogP contribution in [0.25, 0.3) is 0 Å². The molecule has 1 rings (SSSR count). The Morgan fingerprint density at radius 2 is 1.76 bits per heavy atom. The highest BCUT2D eigenvalue weighted by atomic mass is 32.2. The minimum atomic E-state index is -6.56. The first-order valence-electron chi connectivity index (χ1n) is 7.37. The monoisotopic (exact) mass is 471 g/mol. The molecule has 0 aromatic heterocycles. The molecule has 6 nitrogen and oxygen atoms in total. The SMILES string of the molecule is CC(C)OC(=O)CS(=O)c1ccc(SC(F)(F)C(F)(F)C(F)(F)F)cc1[N+](=O)[O-]. The normalized spacial score (nSPS) is 14.0. The van der Waals surface area contributed by atoms with Gasteiger partial charge in [-0.2, -0.15) is 30.7 Å². The number of ether oxygens (including phenoxy) is 1. The quantitative estimate of drug-likeness (QED) is 0.182. The first kappa shape index (κ1) is 25.1. The fraction of sp³-hybridized carbons (Fsp3) is 0.500. The number of thioether (sulfide) groups is 1. The Kier molecular flexibility index (Phi) is 7.67. The van der Waals surface area contributed by atoms with Crippen LogP contribution < -0.4 is 0 Å². The van der Waals surface area contributed by atoms with Crippen LogP contribution in [0, 0.1) is 10.1 Å². The van der Waals surface area contributed by atoms with Gasteiger partial charge in [0.2, 0.25) is 0 Å². The molecule has 1 atom stereocenters. The van der Waals surface area contributed by atoms with Gasteiger partial charge in [0.25, 0.3) is 5.69 Å². The maximum absolute atomic E-state index is 13.5. The molecule has 0 aliphatic rings. The van der Waals surface area contributed by atoms with E-state index in [1.165, 1.54) is 13.8 Å². The van der Waals surface area contributed by atoms with Crippen molar-refractivity contribution >= 4 is 34.2 Å². The summed E-state index contributed by atoms with van der Waals surface area (Å²) in [6, 6.07) is 1.45. The Labute approximate surface area is 165 Å². The zero-order valence-electron chi connectivity index (χ0n) is 14.5. The molecule has 0 aliphatic carbocycles. The highest BCUT2D eigenvalue weighted by Crippen LogP contribution is 2.54. The second kappa shape index (κ2) is 8.85. The van der Waals surface area contributed by atoms with Gasteiger partial charge in [-0.05, 0) is 37.7 Å². The molecule has 1 aromatic rings. The number of esters is 1. The van der Waals surface area contributed by atoms with Crippen LogP contribution in [0.3, 0.4) is 0 Å². The lowest BCUT2D eigenvalue weighted by Crippen LogP contribution is -2.49. The van der Waals surface area contributed by atoms with Crippen molar-refractivity contribution in [2.24, 2.45) is 0 Å². The molecular formula is C14H12F7NO5S2. The summed E-state index contributed by atoms with van der Waals surface area (Å²) in [5.74, 6) is -8.22. The molecule has 15 heteroatoms. The van der Waals surface area contributed by atoms with E-state index in [4.69, 9.17) is 4.74 Å². The molecule has 0 N–H and O–H groups in total. The van der Waals surface area contributed by atoms with Crippen LogP contribution in [0.15, 0.2) is 28.0 Å². The zero-order chi connectivity index (χ0) is 22.8. The van der Waals surface area contributed by atoms with Gasteiger partial charge in [-0.15, -0.1) is 0 Å². The van der Waals surface area contributed by atoms with Crippen molar-refractivity contribution in [2.45, 2.75) is 47.1 Å². The lowest BCUT2D eigenvalue weighted by Gasteiger charge is -2.27. The number of nitro groups is 1. The highest BCUT2D eigenvalue weighted by Gasteiger charge is 2.73. The molecule has 0 heterocycles. The van der Waals surface area contributed by atoms with Crippen molar-refractivity contribution in [3.63, 3.8) is 0 Å². The van der Waals surface area contributed by atoms with E-state index >= 15 is 0 Å². The van der Waals surface area contributed by atoms with E-state index in [9.17, 15) is 49.9 Å². The molecule has 0 fully saturated rings. The van der Waals surface area contributed by atoms with E-state index in [0.29, 0.717) is 12.1 Å². The Hall–Kier alpha value is -1.90. The molecule has 0 spiro atoms. The van der Waals surface area contributed by atoms with E-state index in [1.54, 1.807) is 0 Å². The molecular weight excluding hydrogens is 459 g/mol. The number of halogens is 7.